The number of nitrogens with one attached hydrogen (secondary N) is 2. The van der Waals surface area contributed by atoms with Gasteiger partial charge in [0, 0.05) is 44.4 Å². The Labute approximate surface area is 212 Å². The minimum atomic E-state index is -0.249. The first kappa shape index (κ1) is 22.9. The molecule has 1 fully saturated rings. The molecule has 2 heterocycles. The Kier molecular flexibility index (Phi) is 6.34. The normalized spacial score (nSPS) is 16.9. The number of carbonyl (C=O) groups excluding carboxylic acids is 1. The molecule has 1 amide bonds. The summed E-state index contributed by atoms with van der Waals surface area (Å²) in [4.78, 5) is 13.5. The first-order chi connectivity index (χ1) is 16.4. The Hall–Kier alpha value is -2.86. The molecule has 34 heavy (non-hydrogen) atoms. The molecule has 1 atom stereocenters. The molecule has 0 bridgehead atoms. The molecule has 0 saturated carbocycles. The number of aromatic nitrogens is 1. The maximum absolute atomic E-state index is 12.8. The van der Waals surface area contributed by atoms with Gasteiger partial charge in [-0.3, -0.25) is 4.79 Å². The standard InChI is InChI=1S/C27H23Cl2N3OS/c1-16-13-20(29)11-12-23(16)30-27-31-26(33)25(34-27)14-22-17(2)32(24-6-4-3-5-21(22)24)15-18-7-9-19(28)10-8-18/h3-14,27,30H,15H2,1-2H3,(H,31,33)/b25-14-. The lowest BCUT2D eigenvalue weighted by Crippen LogP contribution is -2.31. The lowest BCUT2D eigenvalue weighted by Gasteiger charge is -2.15. The van der Waals surface area contributed by atoms with Gasteiger partial charge < -0.3 is 15.2 Å². The fourth-order valence-corrected chi connectivity index (χ4v) is 5.55. The van der Waals surface area contributed by atoms with Gasteiger partial charge in [-0.25, -0.2) is 0 Å². The van der Waals surface area contributed by atoms with Crippen LogP contribution in [0.3, 0.4) is 0 Å². The van der Waals surface area contributed by atoms with E-state index in [4.69, 9.17) is 23.2 Å². The molecule has 5 rings (SSSR count). The number of para-hydroxylation sites is 1. The lowest BCUT2D eigenvalue weighted by atomic mass is 10.1. The van der Waals surface area contributed by atoms with Crippen LogP contribution in [0.4, 0.5) is 5.69 Å². The number of rotatable bonds is 5. The third-order valence-electron chi connectivity index (χ3n) is 6.01. The fraction of sp³-hybridized carbons (Fsp3) is 0.148. The van der Waals surface area contributed by atoms with Crippen molar-refractivity contribution < 1.29 is 4.79 Å². The van der Waals surface area contributed by atoms with Gasteiger partial charge in [-0.2, -0.15) is 0 Å². The van der Waals surface area contributed by atoms with Crippen LogP contribution in [0.25, 0.3) is 17.0 Å². The Morgan fingerprint density at radius 1 is 1.03 bits per heavy atom. The molecular formula is C27H23Cl2N3OS. The molecule has 4 aromatic rings. The van der Waals surface area contributed by atoms with E-state index >= 15 is 0 Å². The summed E-state index contributed by atoms with van der Waals surface area (Å²) in [7, 11) is 0. The number of nitrogens with zero attached hydrogens (tertiary/aromatic N) is 1. The number of hydrogen-bond donors (Lipinski definition) is 2. The van der Waals surface area contributed by atoms with Crippen LogP contribution in [0, 0.1) is 13.8 Å². The minimum absolute atomic E-state index is 0.0805. The topological polar surface area (TPSA) is 46.1 Å². The van der Waals surface area contributed by atoms with E-state index < -0.39 is 0 Å². The van der Waals surface area contributed by atoms with Crippen LogP contribution in [0.1, 0.15) is 22.4 Å². The predicted octanol–water partition coefficient (Wildman–Crippen LogP) is 7.21. The van der Waals surface area contributed by atoms with Gasteiger partial charge in [0.25, 0.3) is 5.91 Å². The van der Waals surface area contributed by atoms with E-state index in [-0.39, 0.29) is 11.4 Å². The quantitative estimate of drug-likeness (QED) is 0.280. The van der Waals surface area contributed by atoms with Gasteiger partial charge in [0.05, 0.1) is 4.91 Å². The molecule has 0 radical (unpaired) electrons. The maximum Gasteiger partial charge on any atom is 0.260 e. The van der Waals surface area contributed by atoms with Crippen molar-refractivity contribution in [1.82, 2.24) is 9.88 Å². The van der Waals surface area contributed by atoms with Crippen LogP contribution in [0.15, 0.2) is 71.6 Å². The number of fused-ring (bicyclic) bond motifs is 1. The van der Waals surface area contributed by atoms with E-state index in [0.717, 1.165) is 45.0 Å². The minimum Gasteiger partial charge on any atom is -0.356 e. The number of benzene rings is 3. The molecule has 1 unspecified atom stereocenters. The van der Waals surface area contributed by atoms with Crippen molar-refractivity contribution in [2.75, 3.05) is 5.32 Å². The first-order valence-corrected chi connectivity index (χ1v) is 12.6. The van der Waals surface area contributed by atoms with E-state index in [9.17, 15) is 4.79 Å². The average Bonchev–Trinajstić information content (AvgIpc) is 3.29. The van der Waals surface area contributed by atoms with Gasteiger partial charge in [-0.1, -0.05) is 65.3 Å². The summed E-state index contributed by atoms with van der Waals surface area (Å²) in [5, 5.41) is 8.96. The van der Waals surface area contributed by atoms with Crippen molar-refractivity contribution in [2.24, 2.45) is 0 Å². The van der Waals surface area contributed by atoms with Gasteiger partial charge in [0.2, 0.25) is 0 Å². The van der Waals surface area contributed by atoms with Crippen LogP contribution >= 0.6 is 35.0 Å². The Balaban J connectivity index is 1.46. The molecule has 4 nitrogen and oxygen atoms in total. The van der Waals surface area contributed by atoms with Gasteiger partial charge >= 0.3 is 0 Å². The third kappa shape index (κ3) is 4.56. The SMILES string of the molecule is Cc1cc(Cl)ccc1NC1NC(=O)/C(=C/c2c(C)n(Cc3ccc(Cl)cc3)c3ccccc23)S1. The number of hydrogen-bond acceptors (Lipinski definition) is 3. The van der Waals surface area contributed by atoms with Crippen LogP contribution in [0.2, 0.25) is 10.0 Å². The number of carbonyl (C=O) groups is 1. The summed E-state index contributed by atoms with van der Waals surface area (Å²) in [6.45, 7) is 4.82. The molecule has 7 heteroatoms. The second kappa shape index (κ2) is 9.41. The molecule has 1 aromatic heterocycles. The summed E-state index contributed by atoms with van der Waals surface area (Å²) >= 11 is 13.6. The molecule has 172 valence electrons. The zero-order valence-electron chi connectivity index (χ0n) is 18.7. The maximum atomic E-state index is 12.8. The van der Waals surface area contributed by atoms with Crippen LogP contribution in [-0.2, 0) is 11.3 Å². The summed E-state index contributed by atoms with van der Waals surface area (Å²) in [6.07, 6.45) is 2.01. The largest absolute Gasteiger partial charge is 0.356 e. The Morgan fingerprint density at radius 3 is 2.53 bits per heavy atom. The second-order valence-electron chi connectivity index (χ2n) is 8.31. The smallest absolute Gasteiger partial charge is 0.260 e. The third-order valence-corrected chi connectivity index (χ3v) is 7.53. The van der Waals surface area contributed by atoms with Gasteiger partial charge in [-0.15, -0.1) is 0 Å². The highest BCUT2D eigenvalue weighted by atomic mass is 35.5. The van der Waals surface area contributed by atoms with Crippen molar-refractivity contribution in [1.29, 1.82) is 0 Å². The zero-order valence-corrected chi connectivity index (χ0v) is 21.1. The number of halogens is 2. The Morgan fingerprint density at radius 2 is 1.76 bits per heavy atom. The summed E-state index contributed by atoms with van der Waals surface area (Å²) in [6, 6.07) is 21.9. The number of amides is 1. The molecule has 0 aliphatic carbocycles. The van der Waals surface area contributed by atoms with Crippen molar-refractivity contribution in [2.45, 2.75) is 25.9 Å². The highest BCUT2D eigenvalue weighted by molar-refractivity contribution is 8.05. The van der Waals surface area contributed by atoms with E-state index in [1.165, 1.54) is 17.3 Å². The number of thioether (sulfide) groups is 1. The monoisotopic (exact) mass is 507 g/mol. The number of aryl methyl sites for hydroxylation is 1. The Bertz CT molecular complexity index is 1430. The van der Waals surface area contributed by atoms with Crippen LogP contribution in [0.5, 0.6) is 0 Å². The molecule has 3 aromatic carbocycles. The summed E-state index contributed by atoms with van der Waals surface area (Å²) in [5.74, 6) is -0.0805. The van der Waals surface area contributed by atoms with E-state index in [1.807, 2.05) is 67.6 Å². The van der Waals surface area contributed by atoms with Crippen LogP contribution in [-0.4, -0.2) is 16.0 Å². The highest BCUT2D eigenvalue weighted by Crippen LogP contribution is 2.35. The van der Waals surface area contributed by atoms with Gasteiger partial charge in [0.15, 0.2) is 5.50 Å². The van der Waals surface area contributed by atoms with E-state index in [0.29, 0.717) is 9.93 Å². The van der Waals surface area contributed by atoms with Gasteiger partial charge in [0.1, 0.15) is 0 Å². The summed E-state index contributed by atoms with van der Waals surface area (Å²) in [5.41, 5.74) is 6.20. The van der Waals surface area contributed by atoms with Crippen molar-refractivity contribution in [3.63, 3.8) is 0 Å². The molecule has 2 N–H and O–H groups in total. The zero-order chi connectivity index (χ0) is 23.8. The second-order valence-corrected chi connectivity index (χ2v) is 10.3. The summed E-state index contributed by atoms with van der Waals surface area (Å²) < 4.78 is 2.29. The molecule has 1 saturated heterocycles. The first-order valence-electron chi connectivity index (χ1n) is 10.9. The average molecular weight is 508 g/mol. The van der Waals surface area contributed by atoms with Crippen LogP contribution < -0.4 is 10.6 Å². The number of anilines is 1. The molecule has 0 spiro atoms. The van der Waals surface area contributed by atoms with Crippen molar-refractivity contribution in [3.8, 4) is 0 Å². The van der Waals surface area contributed by atoms with E-state index in [2.05, 4.69) is 34.3 Å². The van der Waals surface area contributed by atoms with Crippen molar-refractivity contribution >= 4 is 63.5 Å². The lowest BCUT2D eigenvalue weighted by molar-refractivity contribution is -0.116. The predicted molar refractivity (Wildman–Crippen MR) is 145 cm³/mol. The highest BCUT2D eigenvalue weighted by Gasteiger charge is 2.28. The fourth-order valence-electron chi connectivity index (χ4n) is 4.24. The molecule has 1 aliphatic rings. The molecule has 1 aliphatic heterocycles. The van der Waals surface area contributed by atoms with E-state index in [1.54, 1.807) is 0 Å². The van der Waals surface area contributed by atoms with Crippen molar-refractivity contribution in [3.05, 3.63) is 104 Å². The molecular weight excluding hydrogens is 485 g/mol. The van der Waals surface area contributed by atoms with Gasteiger partial charge in [-0.05, 0) is 67.4 Å².